The van der Waals surface area contributed by atoms with Gasteiger partial charge < -0.3 is 9.47 Å². The Kier molecular flexibility index (Phi) is 5.48. The van der Waals surface area contributed by atoms with Gasteiger partial charge in [-0.05, 0) is 54.1 Å². The maximum absolute atomic E-state index is 5.38. The monoisotopic (exact) mass is 317 g/mol. The number of benzene rings is 1. The smallest absolute Gasteiger partial charge is 0.118 e. The molecule has 4 heteroatoms. The summed E-state index contributed by atoms with van der Waals surface area (Å²) in [5.41, 5.74) is 2.57. The second kappa shape index (κ2) is 7.77. The highest BCUT2D eigenvalue weighted by Crippen LogP contribution is 2.27. The Morgan fingerprint density at radius 1 is 1.14 bits per heavy atom. The Morgan fingerprint density at radius 3 is 2.64 bits per heavy atom. The standard InChI is InChI=1S/C18H23NO2S/c1-20-17-6-4-15(5-7-17)16-13-18(22-14-16)3-2-8-19-9-11-21-12-10-19/h4-7,13-14H,2-3,8-12H2,1H3. The third-order valence-corrected chi connectivity index (χ3v) is 5.07. The molecule has 0 unspecified atom stereocenters. The Morgan fingerprint density at radius 2 is 1.91 bits per heavy atom. The summed E-state index contributed by atoms with van der Waals surface area (Å²) in [5, 5.41) is 2.26. The van der Waals surface area contributed by atoms with Crippen LogP contribution in [-0.2, 0) is 11.2 Å². The fourth-order valence-electron chi connectivity index (χ4n) is 2.75. The molecule has 0 aliphatic carbocycles. The third kappa shape index (κ3) is 4.09. The van der Waals surface area contributed by atoms with Crippen molar-refractivity contribution in [2.75, 3.05) is 40.0 Å². The number of morpholine rings is 1. The van der Waals surface area contributed by atoms with Crippen molar-refractivity contribution < 1.29 is 9.47 Å². The first kappa shape index (κ1) is 15.5. The van der Waals surface area contributed by atoms with Crippen LogP contribution in [0.4, 0.5) is 0 Å². The number of aryl methyl sites for hydroxylation is 1. The van der Waals surface area contributed by atoms with E-state index in [0.29, 0.717) is 0 Å². The number of ether oxygens (including phenoxy) is 2. The predicted octanol–water partition coefficient (Wildman–Crippen LogP) is 3.69. The summed E-state index contributed by atoms with van der Waals surface area (Å²) in [5.74, 6) is 0.907. The molecule has 2 heterocycles. The summed E-state index contributed by atoms with van der Waals surface area (Å²) in [6.45, 7) is 5.13. The number of methoxy groups -OCH3 is 1. The highest BCUT2D eigenvalue weighted by Gasteiger charge is 2.10. The Balaban J connectivity index is 1.51. The van der Waals surface area contributed by atoms with E-state index < -0.39 is 0 Å². The molecule has 0 spiro atoms. The van der Waals surface area contributed by atoms with Crippen molar-refractivity contribution >= 4 is 11.3 Å². The Labute approximate surface area is 136 Å². The summed E-state index contributed by atoms with van der Waals surface area (Å²) in [6, 6.07) is 10.6. The minimum Gasteiger partial charge on any atom is -0.497 e. The van der Waals surface area contributed by atoms with Gasteiger partial charge in [0.15, 0.2) is 0 Å². The third-order valence-electron chi connectivity index (χ3n) is 4.08. The van der Waals surface area contributed by atoms with Crippen LogP contribution >= 0.6 is 11.3 Å². The molecular weight excluding hydrogens is 294 g/mol. The van der Waals surface area contributed by atoms with Crippen molar-refractivity contribution in [3.8, 4) is 16.9 Å². The Bertz CT molecular complexity index is 573. The predicted molar refractivity (Wildman–Crippen MR) is 91.9 cm³/mol. The van der Waals surface area contributed by atoms with Crippen LogP contribution in [0.3, 0.4) is 0 Å². The lowest BCUT2D eigenvalue weighted by atomic mass is 10.1. The highest BCUT2D eigenvalue weighted by molar-refractivity contribution is 7.10. The molecule has 3 nitrogen and oxygen atoms in total. The van der Waals surface area contributed by atoms with Gasteiger partial charge in [-0.1, -0.05) is 12.1 Å². The van der Waals surface area contributed by atoms with Crippen LogP contribution in [0.2, 0.25) is 0 Å². The Hall–Kier alpha value is -1.36. The van der Waals surface area contributed by atoms with Crippen molar-refractivity contribution in [1.82, 2.24) is 4.90 Å². The topological polar surface area (TPSA) is 21.7 Å². The number of hydrogen-bond acceptors (Lipinski definition) is 4. The van der Waals surface area contributed by atoms with Crippen molar-refractivity contribution in [2.45, 2.75) is 12.8 Å². The molecule has 1 aliphatic heterocycles. The summed E-state index contributed by atoms with van der Waals surface area (Å²) < 4.78 is 10.6. The number of thiophene rings is 1. The summed E-state index contributed by atoms with van der Waals surface area (Å²) in [6.07, 6.45) is 2.39. The zero-order valence-corrected chi connectivity index (χ0v) is 13.9. The fourth-order valence-corrected chi connectivity index (χ4v) is 3.69. The van der Waals surface area contributed by atoms with E-state index in [1.165, 1.54) is 29.0 Å². The van der Waals surface area contributed by atoms with E-state index in [-0.39, 0.29) is 0 Å². The molecule has 1 aromatic carbocycles. The van der Waals surface area contributed by atoms with Gasteiger partial charge in [0, 0.05) is 18.0 Å². The number of nitrogens with zero attached hydrogens (tertiary/aromatic N) is 1. The molecule has 1 aromatic heterocycles. The van der Waals surface area contributed by atoms with E-state index in [0.717, 1.165) is 38.5 Å². The molecule has 0 amide bonds. The SMILES string of the molecule is COc1ccc(-c2csc(CCCN3CCOCC3)c2)cc1. The summed E-state index contributed by atoms with van der Waals surface area (Å²) >= 11 is 1.87. The lowest BCUT2D eigenvalue weighted by molar-refractivity contribution is 0.0375. The summed E-state index contributed by atoms with van der Waals surface area (Å²) in [7, 11) is 1.70. The normalized spacial score (nSPS) is 15.9. The summed E-state index contributed by atoms with van der Waals surface area (Å²) in [4.78, 5) is 3.97. The first-order chi connectivity index (χ1) is 10.8. The van der Waals surface area contributed by atoms with Gasteiger partial charge in [0.25, 0.3) is 0 Å². The molecule has 2 aromatic rings. The molecule has 1 saturated heterocycles. The fraction of sp³-hybridized carbons (Fsp3) is 0.444. The molecule has 1 fully saturated rings. The van der Waals surface area contributed by atoms with Crippen molar-refractivity contribution in [1.29, 1.82) is 0 Å². The van der Waals surface area contributed by atoms with Crippen molar-refractivity contribution in [3.63, 3.8) is 0 Å². The minimum atomic E-state index is 0.890. The van der Waals surface area contributed by atoms with Gasteiger partial charge in [-0.2, -0.15) is 0 Å². The lowest BCUT2D eigenvalue weighted by Gasteiger charge is -2.26. The second-order valence-corrected chi connectivity index (χ2v) is 6.58. The number of rotatable bonds is 6. The van der Waals surface area contributed by atoms with Gasteiger partial charge in [0.05, 0.1) is 20.3 Å². The molecule has 0 atom stereocenters. The minimum absolute atomic E-state index is 0.890. The molecular formula is C18H23NO2S. The van der Waals surface area contributed by atoms with Crippen LogP contribution in [0.15, 0.2) is 35.7 Å². The van der Waals surface area contributed by atoms with Gasteiger partial charge >= 0.3 is 0 Å². The van der Waals surface area contributed by atoms with Gasteiger partial charge in [-0.25, -0.2) is 0 Å². The van der Waals surface area contributed by atoms with Crippen LogP contribution in [-0.4, -0.2) is 44.9 Å². The lowest BCUT2D eigenvalue weighted by Crippen LogP contribution is -2.36. The van der Waals surface area contributed by atoms with Crippen LogP contribution in [0, 0.1) is 0 Å². The first-order valence-electron chi connectivity index (χ1n) is 7.87. The van der Waals surface area contributed by atoms with Gasteiger partial charge in [-0.3, -0.25) is 4.90 Å². The van der Waals surface area contributed by atoms with E-state index in [4.69, 9.17) is 9.47 Å². The zero-order valence-electron chi connectivity index (χ0n) is 13.1. The van der Waals surface area contributed by atoms with Crippen LogP contribution in [0.5, 0.6) is 5.75 Å². The van der Waals surface area contributed by atoms with E-state index in [1.54, 1.807) is 7.11 Å². The zero-order chi connectivity index (χ0) is 15.2. The number of hydrogen-bond donors (Lipinski definition) is 0. The second-order valence-electron chi connectivity index (χ2n) is 5.59. The molecule has 118 valence electrons. The molecule has 0 saturated carbocycles. The van der Waals surface area contributed by atoms with Crippen LogP contribution in [0.1, 0.15) is 11.3 Å². The molecule has 0 N–H and O–H groups in total. The van der Waals surface area contributed by atoms with Crippen LogP contribution < -0.4 is 4.74 Å². The molecule has 0 radical (unpaired) electrons. The molecule has 1 aliphatic rings. The van der Waals surface area contributed by atoms with Gasteiger partial charge in [-0.15, -0.1) is 11.3 Å². The first-order valence-corrected chi connectivity index (χ1v) is 8.75. The van der Waals surface area contributed by atoms with Gasteiger partial charge in [0.2, 0.25) is 0 Å². The molecule has 3 rings (SSSR count). The largest absolute Gasteiger partial charge is 0.497 e. The van der Waals surface area contributed by atoms with Crippen molar-refractivity contribution in [3.05, 3.63) is 40.6 Å². The highest BCUT2D eigenvalue weighted by atomic mass is 32.1. The quantitative estimate of drug-likeness (QED) is 0.811. The van der Waals surface area contributed by atoms with E-state index in [2.05, 4.69) is 28.5 Å². The van der Waals surface area contributed by atoms with E-state index >= 15 is 0 Å². The van der Waals surface area contributed by atoms with Gasteiger partial charge in [0.1, 0.15) is 5.75 Å². The van der Waals surface area contributed by atoms with E-state index in [1.807, 2.05) is 23.5 Å². The maximum Gasteiger partial charge on any atom is 0.118 e. The molecule has 0 bridgehead atoms. The van der Waals surface area contributed by atoms with Crippen LogP contribution in [0.25, 0.3) is 11.1 Å². The van der Waals surface area contributed by atoms with E-state index in [9.17, 15) is 0 Å². The maximum atomic E-state index is 5.38. The van der Waals surface area contributed by atoms with Crippen molar-refractivity contribution in [2.24, 2.45) is 0 Å². The molecule has 22 heavy (non-hydrogen) atoms. The average molecular weight is 317 g/mol. The average Bonchev–Trinajstić information content (AvgIpc) is 3.05.